The van der Waals surface area contributed by atoms with Gasteiger partial charge in [-0.3, -0.25) is 9.69 Å². The average Bonchev–Trinajstić information content (AvgIpc) is 3.53. The number of benzene rings is 3. The number of piperidine rings is 2. The molecule has 7 rings (SSSR count). The van der Waals surface area contributed by atoms with E-state index in [2.05, 4.69) is 51.4 Å². The van der Waals surface area contributed by atoms with Crippen molar-refractivity contribution in [1.29, 1.82) is 0 Å². The van der Waals surface area contributed by atoms with Crippen LogP contribution in [0.25, 0.3) is 11.0 Å². The number of nitrogens with zero attached hydrogens (tertiary/aromatic N) is 4. The van der Waals surface area contributed by atoms with Crippen molar-refractivity contribution in [3.8, 4) is 0 Å². The first-order valence-electron chi connectivity index (χ1n) is 17.5. The highest BCUT2D eigenvalue weighted by molar-refractivity contribution is 7.89. The Bertz CT molecular complexity index is 1940. The Balaban J connectivity index is 1.07. The zero-order valence-electron chi connectivity index (χ0n) is 28.4. The molecule has 260 valence electrons. The van der Waals surface area contributed by atoms with E-state index in [0.717, 1.165) is 49.3 Å². The molecular formula is C38H45F2N5O3S. The molecule has 3 aliphatic heterocycles. The topological polar surface area (TPSA) is 87.5 Å². The Morgan fingerprint density at radius 1 is 0.939 bits per heavy atom. The van der Waals surface area contributed by atoms with E-state index in [0.29, 0.717) is 44.1 Å². The fraction of sp³-hybridized carbons (Fsp3) is 0.474. The van der Waals surface area contributed by atoms with Crippen LogP contribution in [0.5, 0.6) is 0 Å². The van der Waals surface area contributed by atoms with Crippen LogP contribution in [0.15, 0.2) is 71.6 Å². The van der Waals surface area contributed by atoms with Gasteiger partial charge in [0, 0.05) is 37.3 Å². The largest absolute Gasteiger partial charge is 0.338 e. The van der Waals surface area contributed by atoms with Gasteiger partial charge in [-0.25, -0.2) is 26.9 Å². The number of aromatic nitrogens is 2. The van der Waals surface area contributed by atoms with E-state index in [1.807, 2.05) is 24.3 Å². The SMILES string of the molecule is Cc1nc2ccccc2n1C1C[C@H]2CC[C@@H](C1)N2CCC1(c2ccccc2)CCN(C(=O)c2c(F)ccc(S(=O)(=O)NC(C)C)c2F)CC1. The molecule has 3 aliphatic rings. The van der Waals surface area contributed by atoms with Gasteiger partial charge in [-0.1, -0.05) is 42.5 Å². The predicted molar refractivity (Wildman–Crippen MR) is 186 cm³/mol. The zero-order chi connectivity index (χ0) is 34.5. The summed E-state index contributed by atoms with van der Waals surface area (Å²) in [5, 5.41) is 0. The molecule has 11 heteroatoms. The molecule has 0 saturated carbocycles. The Hall–Kier alpha value is -3.67. The molecular weight excluding hydrogens is 645 g/mol. The summed E-state index contributed by atoms with van der Waals surface area (Å²) >= 11 is 0. The molecule has 1 unspecified atom stereocenters. The van der Waals surface area contributed by atoms with Gasteiger partial charge >= 0.3 is 0 Å². The monoisotopic (exact) mass is 689 g/mol. The van der Waals surface area contributed by atoms with E-state index < -0.39 is 44.1 Å². The molecule has 3 saturated heterocycles. The summed E-state index contributed by atoms with van der Waals surface area (Å²) in [4.78, 5) is 21.9. The van der Waals surface area contributed by atoms with Crippen molar-refractivity contribution in [1.82, 2.24) is 24.1 Å². The van der Waals surface area contributed by atoms with Gasteiger partial charge in [0.15, 0.2) is 5.82 Å². The quantitative estimate of drug-likeness (QED) is 0.210. The second-order valence-electron chi connectivity index (χ2n) is 14.5. The molecule has 4 aromatic rings. The van der Waals surface area contributed by atoms with Crippen LogP contribution in [-0.4, -0.2) is 71.4 Å². The Morgan fingerprint density at radius 2 is 1.59 bits per heavy atom. The maximum absolute atomic E-state index is 15.6. The van der Waals surface area contributed by atoms with Crippen molar-refractivity contribution in [2.24, 2.45) is 0 Å². The standard InChI is InChI=1S/C38H45F2N5O3S/c1-25(2)42-49(47,48)34-16-15-31(39)35(36(34)40)37(46)43-20-17-38(18-21-43,27-9-5-4-6-10-27)19-22-44-28-13-14-29(44)24-30(23-28)45-26(3)41-32-11-7-8-12-33(32)45/h4-12,15-16,25,28-30,42H,13-14,17-24H2,1-3H3/t28-,29+,30?. The third-order valence-electron chi connectivity index (χ3n) is 11.2. The number of hydrogen-bond acceptors (Lipinski definition) is 5. The van der Waals surface area contributed by atoms with E-state index >= 15 is 8.78 Å². The summed E-state index contributed by atoms with van der Waals surface area (Å²) in [7, 11) is -4.27. The molecule has 3 aromatic carbocycles. The van der Waals surface area contributed by atoms with Crippen LogP contribution in [0.1, 0.15) is 86.6 Å². The van der Waals surface area contributed by atoms with E-state index in [9.17, 15) is 13.2 Å². The average molecular weight is 690 g/mol. The second-order valence-corrected chi connectivity index (χ2v) is 16.1. The van der Waals surface area contributed by atoms with Gasteiger partial charge in [-0.05, 0) is 108 Å². The zero-order valence-corrected chi connectivity index (χ0v) is 29.2. The number of likely N-dealkylation sites (tertiary alicyclic amines) is 1. The molecule has 0 aliphatic carbocycles. The lowest BCUT2D eigenvalue weighted by molar-refractivity contribution is 0.0598. The summed E-state index contributed by atoms with van der Waals surface area (Å²) in [6, 6.07) is 21.5. The van der Waals surface area contributed by atoms with Crippen molar-refractivity contribution in [2.75, 3.05) is 19.6 Å². The number of carbonyl (C=O) groups excluding carboxylic acids is 1. The number of rotatable bonds is 9. The normalized spacial score (nSPS) is 22.7. The number of amides is 1. The molecule has 0 spiro atoms. The van der Waals surface area contributed by atoms with Crippen LogP contribution in [0.3, 0.4) is 0 Å². The van der Waals surface area contributed by atoms with Gasteiger partial charge in [-0.2, -0.15) is 0 Å². The molecule has 8 nitrogen and oxygen atoms in total. The number of sulfonamides is 1. The van der Waals surface area contributed by atoms with Crippen LogP contribution in [0.4, 0.5) is 8.78 Å². The number of halogens is 2. The maximum atomic E-state index is 15.6. The minimum atomic E-state index is -4.27. The maximum Gasteiger partial charge on any atom is 0.259 e. The number of nitrogens with one attached hydrogen (secondary N) is 1. The van der Waals surface area contributed by atoms with Crippen LogP contribution >= 0.6 is 0 Å². The predicted octanol–water partition coefficient (Wildman–Crippen LogP) is 6.74. The van der Waals surface area contributed by atoms with Crippen molar-refractivity contribution in [3.05, 3.63) is 95.3 Å². The van der Waals surface area contributed by atoms with Gasteiger partial charge in [0.05, 0.1) is 11.0 Å². The number of imidazole rings is 1. The molecule has 1 N–H and O–H groups in total. The number of carbonyl (C=O) groups is 1. The van der Waals surface area contributed by atoms with E-state index in [-0.39, 0.29) is 5.41 Å². The van der Waals surface area contributed by atoms with Gasteiger partial charge in [-0.15, -0.1) is 0 Å². The third-order valence-corrected chi connectivity index (χ3v) is 12.9. The minimum Gasteiger partial charge on any atom is -0.338 e. The molecule has 1 aromatic heterocycles. The lowest BCUT2D eigenvalue weighted by Crippen LogP contribution is -2.49. The first-order valence-corrected chi connectivity index (χ1v) is 19.0. The van der Waals surface area contributed by atoms with Crippen LogP contribution in [0.2, 0.25) is 0 Å². The Kier molecular flexibility index (Phi) is 9.13. The van der Waals surface area contributed by atoms with Crippen LogP contribution < -0.4 is 4.72 Å². The van der Waals surface area contributed by atoms with Crippen molar-refractivity contribution in [3.63, 3.8) is 0 Å². The van der Waals surface area contributed by atoms with Crippen LogP contribution in [-0.2, 0) is 15.4 Å². The van der Waals surface area contributed by atoms with Crippen molar-refractivity contribution < 1.29 is 22.0 Å². The highest BCUT2D eigenvalue weighted by atomic mass is 32.2. The Labute approximate surface area is 287 Å². The van der Waals surface area contributed by atoms with Gasteiger partial charge in [0.25, 0.3) is 5.91 Å². The van der Waals surface area contributed by atoms with Crippen molar-refractivity contribution >= 4 is 27.0 Å². The fourth-order valence-electron chi connectivity index (χ4n) is 8.87. The molecule has 3 fully saturated rings. The highest BCUT2D eigenvalue weighted by Gasteiger charge is 2.44. The number of fused-ring (bicyclic) bond motifs is 3. The first kappa shape index (κ1) is 33.8. The van der Waals surface area contributed by atoms with E-state index in [4.69, 9.17) is 4.98 Å². The number of para-hydroxylation sites is 2. The van der Waals surface area contributed by atoms with Crippen LogP contribution in [0, 0.1) is 18.6 Å². The summed E-state index contributed by atoms with van der Waals surface area (Å²) in [6.07, 6.45) is 6.77. The van der Waals surface area contributed by atoms with Gasteiger partial charge in [0.1, 0.15) is 22.1 Å². The smallest absolute Gasteiger partial charge is 0.259 e. The first-order chi connectivity index (χ1) is 23.5. The molecule has 2 bridgehead atoms. The fourth-order valence-corrected chi connectivity index (χ4v) is 10.2. The molecule has 49 heavy (non-hydrogen) atoms. The molecule has 1 amide bonds. The lowest BCUT2D eigenvalue weighted by Gasteiger charge is -2.45. The van der Waals surface area contributed by atoms with E-state index in [1.165, 1.54) is 28.8 Å². The third kappa shape index (κ3) is 6.30. The summed E-state index contributed by atoms with van der Waals surface area (Å²) < 4.78 is 60.9. The summed E-state index contributed by atoms with van der Waals surface area (Å²) in [5.41, 5.74) is 2.46. The number of aryl methyl sites for hydroxylation is 1. The van der Waals surface area contributed by atoms with E-state index in [1.54, 1.807) is 13.8 Å². The summed E-state index contributed by atoms with van der Waals surface area (Å²) in [6.45, 7) is 6.90. The van der Waals surface area contributed by atoms with Crippen molar-refractivity contribution in [2.45, 2.75) is 100 Å². The summed E-state index contributed by atoms with van der Waals surface area (Å²) in [5.74, 6) is -2.16. The molecule has 3 atom stereocenters. The lowest BCUT2D eigenvalue weighted by atomic mass is 9.70. The van der Waals surface area contributed by atoms with Gasteiger partial charge in [0.2, 0.25) is 10.0 Å². The second kappa shape index (κ2) is 13.2. The Morgan fingerprint density at radius 3 is 2.27 bits per heavy atom. The minimum absolute atomic E-state index is 0.199. The molecule has 4 heterocycles. The molecule has 0 radical (unpaired) electrons. The van der Waals surface area contributed by atoms with Gasteiger partial charge < -0.3 is 9.47 Å². The highest BCUT2D eigenvalue weighted by Crippen LogP contribution is 2.45. The number of hydrogen-bond donors (Lipinski definition) is 1.